The maximum absolute atomic E-state index is 13.5. The van der Waals surface area contributed by atoms with E-state index in [1.54, 1.807) is 12.1 Å². The molecule has 1 atom stereocenters. The standard InChI is InChI=1S/C12H14FNO2/c1-3-5-9-6-4-7-10(11(9)16-2)12(13)14-8-15/h4,6-7,12H,3,5H2,1-2H3. The molecular weight excluding hydrogens is 209 g/mol. The molecule has 86 valence electrons. The van der Waals surface area contributed by atoms with Crippen LogP contribution >= 0.6 is 0 Å². The minimum Gasteiger partial charge on any atom is -0.496 e. The number of rotatable bonds is 5. The molecule has 0 aromatic heterocycles. The van der Waals surface area contributed by atoms with E-state index in [0.29, 0.717) is 5.75 Å². The molecule has 1 unspecified atom stereocenters. The van der Waals surface area contributed by atoms with Gasteiger partial charge in [-0.1, -0.05) is 31.5 Å². The van der Waals surface area contributed by atoms with Gasteiger partial charge in [0, 0.05) is 0 Å². The zero-order valence-electron chi connectivity index (χ0n) is 9.37. The maximum atomic E-state index is 13.5. The van der Waals surface area contributed by atoms with Crippen molar-refractivity contribution in [2.75, 3.05) is 7.11 Å². The van der Waals surface area contributed by atoms with Crippen LogP contribution in [0, 0.1) is 0 Å². The molecule has 1 aromatic rings. The monoisotopic (exact) mass is 223 g/mol. The summed E-state index contributed by atoms with van der Waals surface area (Å²) < 4.78 is 18.7. The summed E-state index contributed by atoms with van der Waals surface area (Å²) in [7, 11) is 1.48. The number of methoxy groups -OCH3 is 1. The average molecular weight is 223 g/mol. The Labute approximate surface area is 94.0 Å². The van der Waals surface area contributed by atoms with Crippen LogP contribution in [0.5, 0.6) is 5.75 Å². The molecule has 0 bridgehead atoms. The maximum Gasteiger partial charge on any atom is 0.238 e. The first-order valence-corrected chi connectivity index (χ1v) is 5.11. The first-order valence-electron chi connectivity index (χ1n) is 5.11. The molecule has 0 aliphatic heterocycles. The summed E-state index contributed by atoms with van der Waals surface area (Å²) in [6.07, 6.45) is 1.25. The van der Waals surface area contributed by atoms with Crippen LogP contribution in [0.4, 0.5) is 4.39 Å². The van der Waals surface area contributed by atoms with Gasteiger partial charge < -0.3 is 4.74 Å². The minimum atomic E-state index is -1.70. The van der Waals surface area contributed by atoms with E-state index in [1.807, 2.05) is 13.0 Å². The number of benzene rings is 1. The summed E-state index contributed by atoms with van der Waals surface area (Å²) >= 11 is 0. The predicted molar refractivity (Wildman–Crippen MR) is 59.0 cm³/mol. The first kappa shape index (κ1) is 12.4. The van der Waals surface area contributed by atoms with Gasteiger partial charge >= 0.3 is 0 Å². The molecule has 0 heterocycles. The molecule has 0 aliphatic carbocycles. The van der Waals surface area contributed by atoms with Crippen LogP contribution in [0.2, 0.25) is 0 Å². The van der Waals surface area contributed by atoms with Crippen molar-refractivity contribution in [3.63, 3.8) is 0 Å². The second-order valence-corrected chi connectivity index (χ2v) is 3.35. The third-order valence-corrected chi connectivity index (χ3v) is 2.27. The lowest BCUT2D eigenvalue weighted by molar-refractivity contribution is 0.332. The molecule has 0 amide bonds. The number of alkyl halides is 1. The number of aryl methyl sites for hydroxylation is 1. The highest BCUT2D eigenvalue weighted by molar-refractivity contribution is 5.44. The fraction of sp³-hybridized carbons (Fsp3) is 0.417. The fourth-order valence-corrected chi connectivity index (χ4v) is 1.62. The summed E-state index contributed by atoms with van der Waals surface area (Å²) in [5, 5.41) is 0. The van der Waals surface area contributed by atoms with Crippen LogP contribution in [0.3, 0.4) is 0 Å². The zero-order valence-corrected chi connectivity index (χ0v) is 9.37. The Kier molecular flexibility index (Phi) is 4.67. The topological polar surface area (TPSA) is 38.7 Å². The Hall–Kier alpha value is -1.67. The molecule has 0 spiro atoms. The van der Waals surface area contributed by atoms with E-state index < -0.39 is 6.30 Å². The number of aliphatic imine (C=N–C) groups is 1. The zero-order chi connectivity index (χ0) is 12.0. The van der Waals surface area contributed by atoms with Crippen LogP contribution < -0.4 is 4.74 Å². The van der Waals surface area contributed by atoms with Gasteiger partial charge in [0.1, 0.15) is 5.75 Å². The average Bonchev–Trinajstić information content (AvgIpc) is 2.29. The minimum absolute atomic E-state index is 0.275. The summed E-state index contributed by atoms with van der Waals surface area (Å²) in [6, 6.07) is 5.17. The van der Waals surface area contributed by atoms with Crippen molar-refractivity contribution in [3.8, 4) is 5.75 Å². The Morgan fingerprint density at radius 2 is 2.31 bits per heavy atom. The van der Waals surface area contributed by atoms with Gasteiger partial charge in [0.25, 0.3) is 0 Å². The van der Waals surface area contributed by atoms with E-state index in [-0.39, 0.29) is 5.56 Å². The van der Waals surface area contributed by atoms with Gasteiger partial charge in [-0.25, -0.2) is 9.18 Å². The number of hydrogen-bond acceptors (Lipinski definition) is 3. The van der Waals surface area contributed by atoms with Crippen LogP contribution in [0.25, 0.3) is 0 Å². The van der Waals surface area contributed by atoms with Crippen LogP contribution in [-0.4, -0.2) is 13.2 Å². The molecule has 0 saturated heterocycles. The van der Waals surface area contributed by atoms with Crippen molar-refractivity contribution in [3.05, 3.63) is 29.3 Å². The number of halogens is 1. The molecule has 0 aliphatic rings. The summed E-state index contributed by atoms with van der Waals surface area (Å²) in [6.45, 7) is 2.03. The highest BCUT2D eigenvalue weighted by Crippen LogP contribution is 2.32. The second kappa shape index (κ2) is 6.03. The van der Waals surface area contributed by atoms with Crippen molar-refractivity contribution in [1.29, 1.82) is 0 Å². The normalized spacial score (nSPS) is 11.7. The van der Waals surface area contributed by atoms with Crippen LogP contribution in [-0.2, 0) is 11.2 Å². The highest BCUT2D eigenvalue weighted by Gasteiger charge is 2.16. The van der Waals surface area contributed by atoms with Gasteiger partial charge in [0.2, 0.25) is 12.4 Å². The van der Waals surface area contributed by atoms with E-state index in [1.165, 1.54) is 13.2 Å². The van der Waals surface area contributed by atoms with Crippen molar-refractivity contribution in [2.24, 2.45) is 4.99 Å². The summed E-state index contributed by atoms with van der Waals surface area (Å²) in [5.74, 6) is 0.468. The lowest BCUT2D eigenvalue weighted by Gasteiger charge is -2.13. The number of isocyanates is 1. The van der Waals surface area contributed by atoms with Gasteiger partial charge in [0.05, 0.1) is 12.7 Å². The van der Waals surface area contributed by atoms with Gasteiger partial charge in [-0.2, -0.15) is 4.99 Å². The summed E-state index contributed by atoms with van der Waals surface area (Å²) in [4.78, 5) is 13.1. The van der Waals surface area contributed by atoms with E-state index in [2.05, 4.69) is 4.99 Å². The molecule has 0 radical (unpaired) electrons. The third kappa shape index (κ3) is 2.67. The molecule has 0 fully saturated rings. The number of hydrogen-bond donors (Lipinski definition) is 0. The van der Waals surface area contributed by atoms with Crippen molar-refractivity contribution in [1.82, 2.24) is 0 Å². The smallest absolute Gasteiger partial charge is 0.238 e. The van der Waals surface area contributed by atoms with Crippen molar-refractivity contribution in [2.45, 2.75) is 26.1 Å². The first-order chi connectivity index (χ1) is 7.74. The molecule has 16 heavy (non-hydrogen) atoms. The summed E-state index contributed by atoms with van der Waals surface area (Å²) in [5.41, 5.74) is 1.20. The Balaban J connectivity index is 3.17. The molecule has 0 saturated carbocycles. The molecule has 3 nitrogen and oxygen atoms in total. The van der Waals surface area contributed by atoms with Crippen molar-refractivity contribution < 1.29 is 13.9 Å². The lowest BCUT2D eigenvalue weighted by Crippen LogP contribution is -1.99. The van der Waals surface area contributed by atoms with Crippen LogP contribution in [0.1, 0.15) is 30.8 Å². The molecule has 1 rings (SSSR count). The Morgan fingerprint density at radius 3 is 2.88 bits per heavy atom. The van der Waals surface area contributed by atoms with Gasteiger partial charge in [0.15, 0.2) is 0 Å². The second-order valence-electron chi connectivity index (χ2n) is 3.35. The Bertz CT molecular complexity index is 400. The van der Waals surface area contributed by atoms with Gasteiger partial charge in [-0.3, -0.25) is 0 Å². The number of para-hydroxylation sites is 1. The molecule has 1 aromatic carbocycles. The fourth-order valence-electron chi connectivity index (χ4n) is 1.62. The quantitative estimate of drug-likeness (QED) is 0.437. The number of carbonyl (C=O) groups excluding carboxylic acids is 1. The van der Waals surface area contributed by atoms with E-state index in [4.69, 9.17) is 4.74 Å². The van der Waals surface area contributed by atoms with Crippen molar-refractivity contribution >= 4 is 6.08 Å². The molecular formula is C12H14FNO2. The molecule has 4 heteroatoms. The van der Waals surface area contributed by atoms with Gasteiger partial charge in [-0.15, -0.1) is 0 Å². The van der Waals surface area contributed by atoms with E-state index >= 15 is 0 Å². The third-order valence-electron chi connectivity index (χ3n) is 2.27. The van der Waals surface area contributed by atoms with Crippen LogP contribution in [0.15, 0.2) is 23.2 Å². The SMILES string of the molecule is CCCc1cccc(C(F)N=C=O)c1OC. The highest BCUT2D eigenvalue weighted by atomic mass is 19.1. The van der Waals surface area contributed by atoms with E-state index in [0.717, 1.165) is 18.4 Å². The molecule has 0 N–H and O–H groups in total. The number of ether oxygens (including phenoxy) is 1. The van der Waals surface area contributed by atoms with E-state index in [9.17, 15) is 9.18 Å². The predicted octanol–water partition coefficient (Wildman–Crippen LogP) is 2.95. The lowest BCUT2D eigenvalue weighted by atomic mass is 10.0. The Morgan fingerprint density at radius 1 is 1.56 bits per heavy atom. The largest absolute Gasteiger partial charge is 0.496 e. The van der Waals surface area contributed by atoms with Gasteiger partial charge in [-0.05, 0) is 12.0 Å². The number of nitrogens with zero attached hydrogens (tertiary/aromatic N) is 1.